The molecule has 0 aromatic heterocycles. The first kappa shape index (κ1) is 13.7. The van der Waals surface area contributed by atoms with Crippen molar-refractivity contribution in [1.29, 1.82) is 0 Å². The van der Waals surface area contributed by atoms with Crippen LogP contribution < -0.4 is 0 Å². The number of ether oxygens (including phenoxy) is 2. The molecule has 16 heavy (non-hydrogen) atoms. The van der Waals surface area contributed by atoms with Crippen LogP contribution >= 0.6 is 15.9 Å². The van der Waals surface area contributed by atoms with E-state index in [1.54, 1.807) is 0 Å². The van der Waals surface area contributed by atoms with Gasteiger partial charge in [-0.2, -0.15) is 0 Å². The fourth-order valence-electron chi connectivity index (χ4n) is 1.28. The summed E-state index contributed by atoms with van der Waals surface area (Å²) in [5.41, 5.74) is 1.21. The Balaban J connectivity index is 1.89. The molecule has 0 atom stereocenters. The Morgan fingerprint density at radius 2 is 1.62 bits per heavy atom. The molecular weight excluding hydrogens is 268 g/mol. The molecule has 90 valence electrons. The quantitative estimate of drug-likeness (QED) is 0.512. The summed E-state index contributed by atoms with van der Waals surface area (Å²) in [5, 5.41) is 1.06. The van der Waals surface area contributed by atoms with Gasteiger partial charge in [0.1, 0.15) is 0 Å². The van der Waals surface area contributed by atoms with E-state index in [-0.39, 0.29) is 0 Å². The van der Waals surface area contributed by atoms with Crippen LogP contribution in [0.15, 0.2) is 30.3 Å². The minimum Gasteiger partial charge on any atom is -0.379 e. The minimum absolute atomic E-state index is 0.670. The predicted molar refractivity (Wildman–Crippen MR) is 69.9 cm³/mol. The lowest BCUT2D eigenvalue weighted by molar-refractivity contribution is 0.0397. The normalized spacial score (nSPS) is 10.6. The summed E-state index contributed by atoms with van der Waals surface area (Å²) in [6.07, 6.45) is 2.29. The van der Waals surface area contributed by atoms with Crippen LogP contribution in [0.25, 0.3) is 0 Å². The van der Waals surface area contributed by atoms with E-state index in [2.05, 4.69) is 28.1 Å². The Morgan fingerprint density at radius 3 is 2.38 bits per heavy atom. The van der Waals surface area contributed by atoms with Crippen LogP contribution in [0.4, 0.5) is 0 Å². The van der Waals surface area contributed by atoms with E-state index in [1.165, 1.54) is 12.0 Å². The molecule has 0 fully saturated rings. The molecule has 0 spiro atoms. The molecule has 0 heterocycles. The SMILES string of the molecule is BrCCCCOCCOCc1ccccc1. The van der Waals surface area contributed by atoms with E-state index >= 15 is 0 Å². The van der Waals surface area contributed by atoms with E-state index in [4.69, 9.17) is 9.47 Å². The van der Waals surface area contributed by atoms with Crippen molar-refractivity contribution in [3.63, 3.8) is 0 Å². The molecule has 0 radical (unpaired) electrons. The zero-order valence-corrected chi connectivity index (χ0v) is 11.1. The van der Waals surface area contributed by atoms with Gasteiger partial charge in [-0.15, -0.1) is 0 Å². The second-order valence-corrected chi connectivity index (χ2v) is 4.34. The van der Waals surface area contributed by atoms with Crippen molar-refractivity contribution in [2.24, 2.45) is 0 Å². The van der Waals surface area contributed by atoms with Gasteiger partial charge < -0.3 is 9.47 Å². The van der Waals surface area contributed by atoms with Crippen LogP contribution in [-0.4, -0.2) is 25.2 Å². The second-order valence-electron chi connectivity index (χ2n) is 3.55. The van der Waals surface area contributed by atoms with Gasteiger partial charge in [0.05, 0.1) is 19.8 Å². The molecule has 0 amide bonds. The summed E-state index contributed by atoms with van der Waals surface area (Å²) in [6, 6.07) is 10.2. The third-order valence-electron chi connectivity index (χ3n) is 2.16. The maximum Gasteiger partial charge on any atom is 0.0718 e. The zero-order chi connectivity index (χ0) is 11.5. The number of rotatable bonds is 9. The lowest BCUT2D eigenvalue weighted by atomic mass is 10.2. The highest BCUT2D eigenvalue weighted by molar-refractivity contribution is 9.09. The molecule has 0 unspecified atom stereocenters. The molecule has 0 N–H and O–H groups in total. The van der Waals surface area contributed by atoms with Crippen molar-refractivity contribution in [1.82, 2.24) is 0 Å². The number of hydrogen-bond acceptors (Lipinski definition) is 2. The predicted octanol–water partition coefficient (Wildman–Crippen LogP) is 3.39. The van der Waals surface area contributed by atoms with Crippen LogP contribution in [0.1, 0.15) is 18.4 Å². The summed E-state index contributed by atoms with van der Waals surface area (Å²) in [5.74, 6) is 0. The monoisotopic (exact) mass is 286 g/mol. The largest absolute Gasteiger partial charge is 0.379 e. The zero-order valence-electron chi connectivity index (χ0n) is 9.53. The standard InChI is InChI=1S/C13H19BrO2/c14-8-4-5-9-15-10-11-16-12-13-6-2-1-3-7-13/h1-3,6-7H,4-5,8-12H2. The van der Waals surface area contributed by atoms with Gasteiger partial charge in [0.15, 0.2) is 0 Å². The van der Waals surface area contributed by atoms with E-state index in [1.807, 2.05) is 18.2 Å². The smallest absolute Gasteiger partial charge is 0.0718 e. The maximum absolute atomic E-state index is 5.49. The van der Waals surface area contributed by atoms with Gasteiger partial charge in [0.25, 0.3) is 0 Å². The molecule has 0 aliphatic heterocycles. The first-order valence-electron chi connectivity index (χ1n) is 5.69. The van der Waals surface area contributed by atoms with E-state index in [0.717, 1.165) is 18.4 Å². The van der Waals surface area contributed by atoms with Crippen LogP contribution in [0.5, 0.6) is 0 Å². The summed E-state index contributed by atoms with van der Waals surface area (Å²) in [6.45, 7) is 2.87. The molecule has 1 aromatic rings. The average Bonchev–Trinajstić information content (AvgIpc) is 2.34. The Labute approximate surface area is 106 Å². The third-order valence-corrected chi connectivity index (χ3v) is 2.72. The van der Waals surface area contributed by atoms with Gasteiger partial charge in [-0.25, -0.2) is 0 Å². The third kappa shape index (κ3) is 6.99. The molecule has 0 bridgehead atoms. The van der Waals surface area contributed by atoms with Gasteiger partial charge in [0.2, 0.25) is 0 Å². The molecule has 0 aliphatic rings. The highest BCUT2D eigenvalue weighted by atomic mass is 79.9. The maximum atomic E-state index is 5.49. The molecule has 0 saturated heterocycles. The van der Waals surface area contributed by atoms with Crippen LogP contribution in [0.2, 0.25) is 0 Å². The number of alkyl halides is 1. The average molecular weight is 287 g/mol. The fraction of sp³-hybridized carbons (Fsp3) is 0.538. The van der Waals surface area contributed by atoms with E-state index in [9.17, 15) is 0 Å². The van der Waals surface area contributed by atoms with Gasteiger partial charge in [-0.1, -0.05) is 46.3 Å². The molecule has 1 aromatic carbocycles. The Morgan fingerprint density at radius 1 is 0.875 bits per heavy atom. The van der Waals surface area contributed by atoms with E-state index < -0.39 is 0 Å². The lowest BCUT2D eigenvalue weighted by Gasteiger charge is -2.05. The molecular formula is C13H19BrO2. The Bertz CT molecular complexity index is 251. The molecule has 1 rings (SSSR count). The fourth-order valence-corrected chi connectivity index (χ4v) is 1.68. The number of halogens is 1. The molecule has 3 heteroatoms. The van der Waals surface area contributed by atoms with Crippen molar-refractivity contribution in [2.75, 3.05) is 25.2 Å². The summed E-state index contributed by atoms with van der Waals surface area (Å²) in [4.78, 5) is 0. The van der Waals surface area contributed by atoms with Gasteiger partial charge in [-0.05, 0) is 18.4 Å². The Hall–Kier alpha value is -0.380. The van der Waals surface area contributed by atoms with Crippen molar-refractivity contribution in [3.8, 4) is 0 Å². The van der Waals surface area contributed by atoms with Crippen molar-refractivity contribution < 1.29 is 9.47 Å². The second kappa shape index (κ2) is 9.82. The molecule has 0 aliphatic carbocycles. The first-order chi connectivity index (χ1) is 7.93. The Kier molecular flexibility index (Phi) is 8.40. The van der Waals surface area contributed by atoms with Gasteiger partial charge >= 0.3 is 0 Å². The highest BCUT2D eigenvalue weighted by Gasteiger charge is 1.92. The summed E-state index contributed by atoms with van der Waals surface area (Å²) in [7, 11) is 0. The van der Waals surface area contributed by atoms with Crippen LogP contribution in [0.3, 0.4) is 0 Å². The van der Waals surface area contributed by atoms with Crippen LogP contribution in [0, 0.1) is 0 Å². The molecule has 2 nitrogen and oxygen atoms in total. The topological polar surface area (TPSA) is 18.5 Å². The van der Waals surface area contributed by atoms with Crippen molar-refractivity contribution >= 4 is 15.9 Å². The number of benzene rings is 1. The van der Waals surface area contributed by atoms with Gasteiger partial charge in [-0.3, -0.25) is 0 Å². The van der Waals surface area contributed by atoms with E-state index in [0.29, 0.717) is 19.8 Å². The van der Waals surface area contributed by atoms with Crippen LogP contribution in [-0.2, 0) is 16.1 Å². The number of unbranched alkanes of at least 4 members (excludes halogenated alkanes) is 1. The lowest BCUT2D eigenvalue weighted by Crippen LogP contribution is -2.05. The highest BCUT2D eigenvalue weighted by Crippen LogP contribution is 2.00. The molecule has 0 saturated carbocycles. The number of hydrogen-bond donors (Lipinski definition) is 0. The summed E-state index contributed by atoms with van der Waals surface area (Å²) < 4.78 is 10.9. The first-order valence-corrected chi connectivity index (χ1v) is 6.81. The van der Waals surface area contributed by atoms with Crippen molar-refractivity contribution in [2.45, 2.75) is 19.4 Å². The van der Waals surface area contributed by atoms with Crippen molar-refractivity contribution in [3.05, 3.63) is 35.9 Å². The van der Waals surface area contributed by atoms with Gasteiger partial charge in [0, 0.05) is 11.9 Å². The summed E-state index contributed by atoms with van der Waals surface area (Å²) >= 11 is 3.39. The minimum atomic E-state index is 0.670.